The Morgan fingerprint density at radius 2 is 1.78 bits per heavy atom. The molecule has 2 rings (SSSR count). The molecular formula is C16H16ClFN2O2S. The molecule has 4 nitrogen and oxygen atoms in total. The number of methoxy groups -OCH3 is 2. The minimum atomic E-state index is -0.265. The van der Waals surface area contributed by atoms with Gasteiger partial charge in [-0.1, -0.05) is 11.6 Å². The smallest absolute Gasteiger partial charge is 0.175 e. The maximum atomic E-state index is 13.3. The van der Waals surface area contributed by atoms with E-state index in [1.165, 1.54) is 20.3 Å². The third kappa shape index (κ3) is 4.24. The summed E-state index contributed by atoms with van der Waals surface area (Å²) >= 11 is 11.3. The summed E-state index contributed by atoms with van der Waals surface area (Å²) in [4.78, 5) is 0. The number of ether oxygens (including phenoxy) is 2. The van der Waals surface area contributed by atoms with Crippen molar-refractivity contribution in [2.75, 3.05) is 24.9 Å². The van der Waals surface area contributed by atoms with Gasteiger partial charge in [0.2, 0.25) is 0 Å². The molecule has 2 aromatic carbocycles. The minimum absolute atomic E-state index is 0.265. The molecule has 23 heavy (non-hydrogen) atoms. The van der Waals surface area contributed by atoms with Crippen molar-refractivity contribution in [2.24, 2.45) is 0 Å². The summed E-state index contributed by atoms with van der Waals surface area (Å²) in [5.74, 6) is 0.754. The SMILES string of the molecule is COc1cc(NC(=S)Nc2ccc(F)c(C)c2)c(OC)cc1Cl. The van der Waals surface area contributed by atoms with Gasteiger partial charge in [0.1, 0.15) is 17.3 Å². The Hall–Kier alpha value is -2.05. The molecule has 7 heteroatoms. The fraction of sp³-hybridized carbons (Fsp3) is 0.188. The molecule has 0 saturated heterocycles. The third-order valence-electron chi connectivity index (χ3n) is 3.14. The molecule has 2 N–H and O–H groups in total. The molecule has 0 aliphatic rings. The van der Waals surface area contributed by atoms with Crippen LogP contribution in [0.5, 0.6) is 11.5 Å². The number of anilines is 2. The summed E-state index contributed by atoms with van der Waals surface area (Å²) < 4.78 is 23.7. The predicted molar refractivity (Wildman–Crippen MR) is 95.5 cm³/mol. The molecule has 0 bridgehead atoms. The molecule has 0 heterocycles. The fourth-order valence-corrected chi connectivity index (χ4v) is 2.42. The van der Waals surface area contributed by atoms with Gasteiger partial charge in [-0.2, -0.15) is 0 Å². The van der Waals surface area contributed by atoms with Crippen LogP contribution in [0.25, 0.3) is 0 Å². The van der Waals surface area contributed by atoms with Gasteiger partial charge in [0.15, 0.2) is 5.11 Å². The van der Waals surface area contributed by atoms with Gasteiger partial charge in [-0.3, -0.25) is 0 Å². The average Bonchev–Trinajstić information content (AvgIpc) is 2.52. The summed E-state index contributed by atoms with van der Waals surface area (Å²) in [7, 11) is 3.05. The van der Waals surface area contributed by atoms with E-state index in [1.54, 1.807) is 31.2 Å². The topological polar surface area (TPSA) is 42.5 Å². The van der Waals surface area contributed by atoms with Gasteiger partial charge < -0.3 is 20.1 Å². The summed E-state index contributed by atoms with van der Waals surface area (Å²) in [6, 6.07) is 7.98. The first-order valence-corrected chi connectivity index (χ1v) is 7.49. The second-order valence-electron chi connectivity index (χ2n) is 4.73. The van der Waals surface area contributed by atoms with Crippen molar-refractivity contribution in [3.8, 4) is 11.5 Å². The number of halogens is 2. The molecule has 0 fully saturated rings. The monoisotopic (exact) mass is 354 g/mol. The molecule has 0 aromatic heterocycles. The molecule has 0 aliphatic carbocycles. The van der Waals surface area contributed by atoms with E-state index in [0.717, 1.165) is 0 Å². The first-order valence-electron chi connectivity index (χ1n) is 6.70. The van der Waals surface area contributed by atoms with Crippen LogP contribution in [0, 0.1) is 12.7 Å². The van der Waals surface area contributed by atoms with Crippen LogP contribution < -0.4 is 20.1 Å². The number of aryl methyl sites for hydroxylation is 1. The van der Waals surface area contributed by atoms with Gasteiger partial charge in [-0.25, -0.2) is 4.39 Å². The first-order chi connectivity index (χ1) is 10.9. The number of benzene rings is 2. The Labute approximate surface area is 144 Å². The minimum Gasteiger partial charge on any atom is -0.495 e. The molecule has 2 aromatic rings. The van der Waals surface area contributed by atoms with Crippen molar-refractivity contribution >= 4 is 40.3 Å². The van der Waals surface area contributed by atoms with Crippen LogP contribution in [0.15, 0.2) is 30.3 Å². The fourth-order valence-electron chi connectivity index (χ4n) is 1.97. The molecular weight excluding hydrogens is 339 g/mol. The lowest BCUT2D eigenvalue weighted by Gasteiger charge is -2.15. The zero-order valence-corrected chi connectivity index (χ0v) is 14.4. The zero-order valence-electron chi connectivity index (χ0n) is 12.9. The quantitative estimate of drug-likeness (QED) is 0.784. The van der Waals surface area contributed by atoms with Crippen LogP contribution in [0.1, 0.15) is 5.56 Å². The Balaban J connectivity index is 2.17. The second-order valence-corrected chi connectivity index (χ2v) is 5.55. The van der Waals surface area contributed by atoms with E-state index in [9.17, 15) is 4.39 Å². The van der Waals surface area contributed by atoms with Gasteiger partial charge in [-0.05, 0) is 42.9 Å². The van der Waals surface area contributed by atoms with E-state index < -0.39 is 0 Å². The van der Waals surface area contributed by atoms with E-state index in [4.69, 9.17) is 33.3 Å². The molecule has 0 saturated carbocycles. The lowest BCUT2D eigenvalue weighted by Crippen LogP contribution is -2.19. The lowest BCUT2D eigenvalue weighted by molar-refractivity contribution is 0.405. The van der Waals surface area contributed by atoms with Crippen molar-refractivity contribution in [1.29, 1.82) is 0 Å². The molecule has 0 radical (unpaired) electrons. The van der Waals surface area contributed by atoms with Gasteiger partial charge >= 0.3 is 0 Å². The van der Waals surface area contributed by atoms with Crippen LogP contribution in [0.2, 0.25) is 5.02 Å². The standard InChI is InChI=1S/C16H16ClFN2O2S/c1-9-6-10(4-5-12(9)18)19-16(23)20-13-8-14(21-2)11(17)7-15(13)22-3/h4-8H,1-3H3,(H2,19,20,23). The average molecular weight is 355 g/mol. The largest absolute Gasteiger partial charge is 0.495 e. The van der Waals surface area contributed by atoms with Crippen molar-refractivity contribution in [3.05, 3.63) is 46.7 Å². The van der Waals surface area contributed by atoms with E-state index >= 15 is 0 Å². The maximum Gasteiger partial charge on any atom is 0.175 e. The van der Waals surface area contributed by atoms with Crippen LogP contribution in [-0.2, 0) is 0 Å². The van der Waals surface area contributed by atoms with E-state index in [2.05, 4.69) is 10.6 Å². The van der Waals surface area contributed by atoms with Crippen LogP contribution >= 0.6 is 23.8 Å². The highest BCUT2D eigenvalue weighted by Crippen LogP contribution is 2.35. The Morgan fingerprint density at radius 1 is 1.09 bits per heavy atom. The Kier molecular flexibility index (Phi) is 5.63. The number of rotatable bonds is 4. The highest BCUT2D eigenvalue weighted by Gasteiger charge is 2.11. The number of nitrogens with one attached hydrogen (secondary N) is 2. The third-order valence-corrected chi connectivity index (χ3v) is 3.64. The summed E-state index contributed by atoms with van der Waals surface area (Å²) in [6.07, 6.45) is 0. The van der Waals surface area contributed by atoms with Crippen molar-refractivity contribution in [3.63, 3.8) is 0 Å². The summed E-state index contributed by atoms with van der Waals surface area (Å²) in [5.41, 5.74) is 1.81. The predicted octanol–water partition coefficient (Wildman–Crippen LogP) is 4.61. The van der Waals surface area contributed by atoms with E-state index in [-0.39, 0.29) is 5.82 Å². The molecule has 122 valence electrons. The molecule has 0 spiro atoms. The second kappa shape index (κ2) is 7.48. The summed E-state index contributed by atoms with van der Waals surface area (Å²) in [5, 5.41) is 6.76. The summed E-state index contributed by atoms with van der Waals surface area (Å²) in [6.45, 7) is 1.68. The molecule has 0 atom stereocenters. The lowest BCUT2D eigenvalue weighted by atomic mass is 10.2. The number of thiocarbonyl (C=S) groups is 1. The highest BCUT2D eigenvalue weighted by atomic mass is 35.5. The zero-order chi connectivity index (χ0) is 17.0. The van der Waals surface area contributed by atoms with Crippen LogP contribution in [0.4, 0.5) is 15.8 Å². The normalized spacial score (nSPS) is 10.1. The van der Waals surface area contributed by atoms with Gasteiger partial charge in [0.25, 0.3) is 0 Å². The van der Waals surface area contributed by atoms with Gasteiger partial charge in [0, 0.05) is 17.8 Å². The van der Waals surface area contributed by atoms with Gasteiger partial charge in [0.05, 0.1) is 24.9 Å². The van der Waals surface area contributed by atoms with E-state index in [0.29, 0.717) is 38.6 Å². The van der Waals surface area contributed by atoms with E-state index in [1.807, 2.05) is 0 Å². The van der Waals surface area contributed by atoms with Crippen LogP contribution in [-0.4, -0.2) is 19.3 Å². The maximum absolute atomic E-state index is 13.3. The molecule has 0 amide bonds. The van der Waals surface area contributed by atoms with Crippen molar-refractivity contribution in [1.82, 2.24) is 0 Å². The van der Waals surface area contributed by atoms with Crippen molar-refractivity contribution < 1.29 is 13.9 Å². The first kappa shape index (κ1) is 17.3. The Bertz CT molecular complexity index is 740. The molecule has 0 aliphatic heterocycles. The van der Waals surface area contributed by atoms with Gasteiger partial charge in [-0.15, -0.1) is 0 Å². The highest BCUT2D eigenvalue weighted by molar-refractivity contribution is 7.80. The van der Waals surface area contributed by atoms with Crippen molar-refractivity contribution in [2.45, 2.75) is 6.92 Å². The molecule has 0 unspecified atom stereocenters. The van der Waals surface area contributed by atoms with Crippen LogP contribution in [0.3, 0.4) is 0 Å². The number of hydrogen-bond acceptors (Lipinski definition) is 3. The number of hydrogen-bond donors (Lipinski definition) is 2. The Morgan fingerprint density at radius 3 is 2.39 bits per heavy atom.